The van der Waals surface area contributed by atoms with Crippen molar-refractivity contribution in [3.05, 3.63) is 197 Å². The van der Waals surface area contributed by atoms with Crippen LogP contribution in [-0.4, -0.2) is 70.5 Å². The number of phenols is 6. The van der Waals surface area contributed by atoms with Gasteiger partial charge in [-0.3, -0.25) is 0 Å². The summed E-state index contributed by atoms with van der Waals surface area (Å²) in [7, 11) is 0. The molecule has 0 saturated heterocycles. The summed E-state index contributed by atoms with van der Waals surface area (Å²) >= 11 is 0. The highest BCUT2D eigenvalue weighted by Crippen LogP contribution is 2.42. The van der Waals surface area contributed by atoms with Gasteiger partial charge in [0.05, 0.1) is 45.6 Å². The third-order valence-corrected chi connectivity index (χ3v) is 13.6. The van der Waals surface area contributed by atoms with E-state index >= 15 is 0 Å². The molecule has 10 aromatic rings. The number of aromatic amines is 4. The Labute approximate surface area is 449 Å². The first kappa shape index (κ1) is 47.4. The minimum Gasteiger partial charge on any atom is -0.508 e. The number of nitrogens with one attached hydrogen (secondary N) is 4. The minimum atomic E-state index is -0.156. The van der Waals surface area contributed by atoms with Crippen molar-refractivity contribution in [1.82, 2.24) is 39.9 Å². The summed E-state index contributed by atoms with van der Waals surface area (Å²) < 4.78 is 0. The number of nitrogens with zero attached hydrogens (tertiary/aromatic N) is 4. The molecular weight excluding hydrogens is 991 g/mol. The second-order valence-corrected chi connectivity index (χ2v) is 19.2. The largest absolute Gasteiger partial charge is 0.508 e. The number of anilines is 1. The third kappa shape index (κ3) is 9.46. The van der Waals surface area contributed by atoms with E-state index in [4.69, 9.17) is 15.7 Å². The minimum absolute atomic E-state index is 0.139. The van der Waals surface area contributed by atoms with Gasteiger partial charge < -0.3 is 56.3 Å². The van der Waals surface area contributed by atoms with Crippen LogP contribution in [0, 0.1) is 0 Å². The highest BCUT2D eigenvalue weighted by Gasteiger charge is 2.21. The SMILES string of the molecule is C1=Cc2cc3ccc(cc4ccc(cc5nc(cc1n2)C=C5)[nH]4)[nH]3.Nc1ccccc1-c1c2nc(c(-c3cc(O)cc(O)c3)c3ccc([nH]3)c(-c3cc(O)cc(O)c3)c3nc(c(-c4cc(O)cc(O)c4)c4ccc1[nH]4)C=C3)C=C2. The van der Waals surface area contributed by atoms with E-state index in [1.165, 1.54) is 30.3 Å². The van der Waals surface area contributed by atoms with Crippen LogP contribution in [0.5, 0.6) is 34.5 Å². The van der Waals surface area contributed by atoms with E-state index in [1.54, 1.807) is 24.3 Å². The number of nitrogens with two attached hydrogens (primary N) is 1. The highest BCUT2D eigenvalue weighted by atomic mass is 16.3. The lowest BCUT2D eigenvalue weighted by Gasteiger charge is -2.09. The van der Waals surface area contributed by atoms with Gasteiger partial charge in [0.25, 0.3) is 0 Å². The molecule has 0 radical (unpaired) electrons. The zero-order chi connectivity index (χ0) is 53.9. The summed E-state index contributed by atoms with van der Waals surface area (Å²) in [5.74, 6) is -0.869. The Morgan fingerprint density at radius 1 is 0.291 bits per heavy atom. The first-order valence-electron chi connectivity index (χ1n) is 25.0. The van der Waals surface area contributed by atoms with E-state index in [9.17, 15) is 30.6 Å². The molecule has 16 bridgehead atoms. The van der Waals surface area contributed by atoms with E-state index in [1.807, 2.05) is 115 Å². The predicted octanol–water partition coefficient (Wildman–Crippen LogP) is 13.8. The number of fused-ring (bicyclic) bond motifs is 16. The summed E-state index contributed by atoms with van der Waals surface area (Å²) in [5, 5.41) is 63.6. The summed E-state index contributed by atoms with van der Waals surface area (Å²) in [6.45, 7) is 0. The summed E-state index contributed by atoms with van der Waals surface area (Å²) in [5.41, 5.74) is 24.0. The average molecular weight is 1040 g/mol. The van der Waals surface area contributed by atoms with Gasteiger partial charge in [-0.05, 0) is 181 Å². The normalized spacial score (nSPS) is 12.2. The molecule has 4 aliphatic heterocycles. The van der Waals surface area contributed by atoms with Crippen molar-refractivity contribution in [3.63, 3.8) is 0 Å². The van der Waals surface area contributed by atoms with Crippen LogP contribution in [-0.2, 0) is 0 Å². The molecule has 0 saturated carbocycles. The number of hydrogen-bond donors (Lipinski definition) is 11. The van der Waals surface area contributed by atoms with Crippen molar-refractivity contribution < 1.29 is 30.6 Å². The Kier molecular flexibility index (Phi) is 11.5. The van der Waals surface area contributed by atoms with Crippen molar-refractivity contribution in [2.75, 3.05) is 5.73 Å². The molecule has 0 unspecified atom stereocenters. The van der Waals surface area contributed by atoms with Crippen molar-refractivity contribution in [2.24, 2.45) is 0 Å². The Bertz CT molecular complexity index is 4470. The fourth-order valence-corrected chi connectivity index (χ4v) is 10.3. The van der Waals surface area contributed by atoms with Crippen LogP contribution in [0.1, 0.15) is 45.6 Å². The standard InChI is InChI=1S/C44H31N5O6.C20H14N4/c45-32-4-2-1-3-31(32)44-39-11-9-37(48-39)42(23-15-27(52)20-28(53)16-23)35-7-5-33(46-35)41(22-13-25(50)19-26(51)14-22)34-6-8-36(47-34)43(38-10-12-40(44)49-38)24-17-29(54)21-30(55)18-24;1-2-14-10-16-5-6-18(23-16)12-20-8-7-19(24-20)11-17-4-3-15(22-17)9-13(1)21-14/h1-21,46,49-55H,45H2;1-12,21-22H. The Balaban J connectivity index is 0.000000204. The van der Waals surface area contributed by atoms with Crippen LogP contribution < -0.4 is 5.73 Å². The zero-order valence-corrected chi connectivity index (χ0v) is 41.6. The Morgan fingerprint density at radius 2 is 0.620 bits per heavy atom. The number of nitrogen functional groups attached to an aromatic ring is 1. The summed E-state index contributed by atoms with van der Waals surface area (Å²) in [6.07, 6.45) is 15.4. The highest BCUT2D eigenvalue weighted by molar-refractivity contribution is 6.01. The number of benzene rings is 4. The molecule has 0 amide bonds. The monoisotopic (exact) mass is 1040 g/mol. The molecule has 0 fully saturated rings. The molecule has 79 heavy (non-hydrogen) atoms. The Hall–Kier alpha value is -11.3. The lowest BCUT2D eigenvalue weighted by atomic mass is 10.0. The quantitative estimate of drug-likeness (QED) is 0.0739. The smallest absolute Gasteiger partial charge is 0.119 e. The van der Waals surface area contributed by atoms with Crippen LogP contribution in [0.3, 0.4) is 0 Å². The summed E-state index contributed by atoms with van der Waals surface area (Å²) in [6, 6.07) is 44.3. The van der Waals surface area contributed by atoms with Gasteiger partial charge in [0.15, 0.2) is 0 Å². The first-order valence-corrected chi connectivity index (χ1v) is 25.0. The van der Waals surface area contributed by atoms with Crippen LogP contribution in [0.15, 0.2) is 152 Å². The van der Waals surface area contributed by atoms with Crippen molar-refractivity contribution in [2.45, 2.75) is 0 Å². The molecule has 15 heteroatoms. The fourth-order valence-electron chi connectivity index (χ4n) is 10.3. The van der Waals surface area contributed by atoms with Crippen LogP contribution in [0.2, 0.25) is 0 Å². The topological polar surface area (TPSA) is 262 Å². The number of aromatic hydroxyl groups is 6. The third-order valence-electron chi connectivity index (χ3n) is 13.6. The summed E-state index contributed by atoms with van der Waals surface area (Å²) in [4.78, 5) is 33.3. The molecule has 4 aliphatic rings. The van der Waals surface area contributed by atoms with Gasteiger partial charge in [-0.1, -0.05) is 18.2 Å². The van der Waals surface area contributed by atoms with Crippen molar-refractivity contribution in [3.8, 4) is 79.0 Å². The van der Waals surface area contributed by atoms with Crippen LogP contribution in [0.25, 0.3) is 137 Å². The second-order valence-electron chi connectivity index (χ2n) is 19.2. The Morgan fingerprint density at radius 3 is 1.00 bits per heavy atom. The number of para-hydroxylation sites is 1. The molecule has 4 aromatic carbocycles. The van der Waals surface area contributed by atoms with Gasteiger partial charge in [-0.2, -0.15) is 0 Å². The van der Waals surface area contributed by atoms with E-state index < -0.39 is 0 Å². The molecule has 6 aromatic heterocycles. The number of rotatable bonds is 4. The van der Waals surface area contributed by atoms with Gasteiger partial charge in [-0.25, -0.2) is 19.9 Å². The van der Waals surface area contributed by atoms with Gasteiger partial charge in [0, 0.05) is 95.8 Å². The molecular formula is C64H45N9O6. The maximum atomic E-state index is 10.6. The van der Waals surface area contributed by atoms with E-state index in [-0.39, 0.29) is 34.5 Å². The van der Waals surface area contributed by atoms with Crippen molar-refractivity contribution in [1.29, 1.82) is 0 Å². The zero-order valence-electron chi connectivity index (χ0n) is 41.6. The lowest BCUT2D eigenvalue weighted by molar-refractivity contribution is 0.450. The second kappa shape index (κ2) is 19.1. The number of H-pyrrole nitrogens is 4. The van der Waals surface area contributed by atoms with Crippen LogP contribution >= 0.6 is 0 Å². The molecule has 10 heterocycles. The van der Waals surface area contributed by atoms with Gasteiger partial charge in [-0.15, -0.1) is 0 Å². The van der Waals surface area contributed by atoms with Gasteiger partial charge >= 0.3 is 0 Å². The molecule has 0 aliphatic carbocycles. The molecule has 15 nitrogen and oxygen atoms in total. The predicted molar refractivity (Wildman–Crippen MR) is 314 cm³/mol. The number of hydrogen-bond acceptors (Lipinski definition) is 11. The maximum Gasteiger partial charge on any atom is 0.119 e. The number of aromatic nitrogens is 8. The van der Waals surface area contributed by atoms with E-state index in [0.717, 1.165) is 50.4 Å². The number of phenolic OH excluding ortho intramolecular Hbond substituents is 6. The first-order chi connectivity index (χ1) is 38.4. The fraction of sp³-hybridized carbons (Fsp3) is 0. The average Bonchev–Trinajstić information content (AvgIpc) is 4.44. The molecule has 382 valence electrons. The van der Waals surface area contributed by atoms with Gasteiger partial charge in [0.2, 0.25) is 0 Å². The van der Waals surface area contributed by atoms with Crippen LogP contribution in [0.4, 0.5) is 5.69 Å². The molecule has 0 spiro atoms. The molecule has 12 N–H and O–H groups in total. The van der Waals surface area contributed by atoms with E-state index in [0.29, 0.717) is 89.5 Å². The van der Waals surface area contributed by atoms with Crippen molar-refractivity contribution >= 4 is 98.4 Å². The lowest BCUT2D eigenvalue weighted by Crippen LogP contribution is -1.93. The van der Waals surface area contributed by atoms with Gasteiger partial charge in [0.1, 0.15) is 34.5 Å². The van der Waals surface area contributed by atoms with E-state index in [2.05, 4.69) is 60.2 Å². The molecule has 14 rings (SSSR count). The maximum absolute atomic E-state index is 10.6. The molecule has 0 atom stereocenters.